The number of nitrogens with one attached hydrogen (secondary N) is 2. The lowest BCUT2D eigenvalue weighted by molar-refractivity contribution is 0.510. The number of rotatable bonds is 3. The highest BCUT2D eigenvalue weighted by atomic mass is 16.1. The first-order chi connectivity index (χ1) is 11.6. The van der Waals surface area contributed by atoms with E-state index in [0.717, 1.165) is 16.3 Å². The lowest BCUT2D eigenvalue weighted by Gasteiger charge is -2.13. The number of hydrogen-bond donors (Lipinski definition) is 2. The fraction of sp³-hybridized carbons (Fsp3) is 0.167. The number of H-pyrrole nitrogens is 1. The summed E-state index contributed by atoms with van der Waals surface area (Å²) in [5.41, 5.74) is 0.861. The Labute approximate surface area is 138 Å². The van der Waals surface area contributed by atoms with Crippen LogP contribution in [0.1, 0.15) is 19.9 Å². The third-order valence-electron chi connectivity index (χ3n) is 4.02. The predicted octanol–water partition coefficient (Wildman–Crippen LogP) is 3.60. The molecule has 0 aliphatic carbocycles. The zero-order valence-electron chi connectivity index (χ0n) is 13.4. The van der Waals surface area contributed by atoms with E-state index in [9.17, 15) is 4.79 Å². The van der Waals surface area contributed by atoms with Gasteiger partial charge in [0.15, 0.2) is 11.6 Å². The number of hydrogen-bond acceptors (Lipinski definition) is 4. The molecule has 0 radical (unpaired) electrons. The molecular weight excluding hydrogens is 302 g/mol. The number of aromatic nitrogens is 4. The molecule has 0 unspecified atom stereocenters. The van der Waals surface area contributed by atoms with E-state index in [4.69, 9.17) is 0 Å². The highest BCUT2D eigenvalue weighted by Crippen LogP contribution is 2.26. The first-order valence-electron chi connectivity index (χ1n) is 7.87. The molecule has 2 aromatic carbocycles. The zero-order chi connectivity index (χ0) is 16.7. The van der Waals surface area contributed by atoms with E-state index < -0.39 is 0 Å². The largest absolute Gasteiger partial charge is 0.321 e. The van der Waals surface area contributed by atoms with Gasteiger partial charge >= 0.3 is 0 Å². The van der Waals surface area contributed by atoms with Gasteiger partial charge < -0.3 is 5.32 Å². The molecule has 2 aromatic heterocycles. The Hall–Kier alpha value is -3.15. The van der Waals surface area contributed by atoms with E-state index in [1.807, 2.05) is 62.4 Å². The molecule has 24 heavy (non-hydrogen) atoms. The molecule has 0 fully saturated rings. The molecule has 6 heteroatoms. The molecule has 0 spiro atoms. The molecule has 0 saturated carbocycles. The topological polar surface area (TPSA) is 75.6 Å². The number of benzene rings is 2. The van der Waals surface area contributed by atoms with Gasteiger partial charge in [0.25, 0.3) is 5.56 Å². The number of para-hydroxylation sites is 1. The molecule has 6 nitrogen and oxygen atoms in total. The van der Waals surface area contributed by atoms with Crippen LogP contribution in [0.15, 0.2) is 53.3 Å². The maximum atomic E-state index is 12.6. The molecule has 0 aliphatic rings. The van der Waals surface area contributed by atoms with Gasteiger partial charge in [0, 0.05) is 10.8 Å². The Kier molecular flexibility index (Phi) is 3.30. The lowest BCUT2D eigenvalue weighted by Crippen LogP contribution is -2.25. The van der Waals surface area contributed by atoms with Gasteiger partial charge in [-0.1, -0.05) is 30.3 Å². The van der Waals surface area contributed by atoms with Crippen LogP contribution < -0.4 is 10.9 Å². The Bertz CT molecular complexity index is 1090. The average molecular weight is 319 g/mol. The van der Waals surface area contributed by atoms with Gasteiger partial charge in [-0.05, 0) is 32.0 Å². The summed E-state index contributed by atoms with van der Waals surface area (Å²) in [4.78, 5) is 12.6. The van der Waals surface area contributed by atoms with Gasteiger partial charge in [-0.3, -0.25) is 9.89 Å². The van der Waals surface area contributed by atoms with E-state index in [2.05, 4.69) is 20.6 Å². The molecule has 0 bridgehead atoms. The first kappa shape index (κ1) is 14.4. The number of nitrogens with zero attached hydrogens (tertiary/aromatic N) is 3. The second kappa shape index (κ2) is 5.49. The molecule has 4 rings (SSSR count). The van der Waals surface area contributed by atoms with Crippen LogP contribution in [-0.4, -0.2) is 20.0 Å². The summed E-state index contributed by atoms with van der Waals surface area (Å²) in [6.45, 7) is 3.88. The summed E-state index contributed by atoms with van der Waals surface area (Å²) in [5, 5.41) is 17.5. The zero-order valence-corrected chi connectivity index (χ0v) is 13.4. The van der Waals surface area contributed by atoms with E-state index >= 15 is 0 Å². The van der Waals surface area contributed by atoms with Crippen LogP contribution in [0.25, 0.3) is 21.7 Å². The van der Waals surface area contributed by atoms with Crippen molar-refractivity contribution in [1.29, 1.82) is 0 Å². The van der Waals surface area contributed by atoms with E-state index in [1.165, 1.54) is 4.68 Å². The van der Waals surface area contributed by atoms with Crippen LogP contribution in [0.5, 0.6) is 0 Å². The van der Waals surface area contributed by atoms with Gasteiger partial charge in [-0.25, -0.2) is 4.68 Å². The van der Waals surface area contributed by atoms with Crippen LogP contribution >= 0.6 is 0 Å². The number of anilines is 2. The fourth-order valence-electron chi connectivity index (χ4n) is 2.82. The molecule has 2 heterocycles. The first-order valence-corrected chi connectivity index (χ1v) is 7.87. The monoisotopic (exact) mass is 319 g/mol. The minimum absolute atomic E-state index is 0.0291. The van der Waals surface area contributed by atoms with Gasteiger partial charge in [0.05, 0.1) is 16.9 Å². The molecule has 2 N–H and O–H groups in total. The second-order valence-electron chi connectivity index (χ2n) is 5.98. The summed E-state index contributed by atoms with van der Waals surface area (Å²) in [5.74, 6) is 1.31. The van der Waals surface area contributed by atoms with Gasteiger partial charge in [-0.2, -0.15) is 10.2 Å². The SMILES string of the molecule is CC(C)n1nc(Nc2n[nH]c3ccccc23)c2ccccc2c1=O. The van der Waals surface area contributed by atoms with Crippen molar-refractivity contribution in [2.24, 2.45) is 0 Å². The van der Waals surface area contributed by atoms with Gasteiger partial charge in [0.2, 0.25) is 0 Å². The van der Waals surface area contributed by atoms with Gasteiger partial charge in [0.1, 0.15) is 0 Å². The third-order valence-corrected chi connectivity index (χ3v) is 4.02. The van der Waals surface area contributed by atoms with Crippen molar-refractivity contribution in [3.8, 4) is 0 Å². The van der Waals surface area contributed by atoms with Crippen LogP contribution in [0.3, 0.4) is 0 Å². The quantitative estimate of drug-likeness (QED) is 0.605. The highest BCUT2D eigenvalue weighted by Gasteiger charge is 2.14. The molecule has 4 aromatic rings. The smallest absolute Gasteiger partial charge is 0.275 e. The van der Waals surface area contributed by atoms with Crippen LogP contribution in [0, 0.1) is 0 Å². The van der Waals surface area contributed by atoms with E-state index in [0.29, 0.717) is 17.0 Å². The summed E-state index contributed by atoms with van der Waals surface area (Å²) in [6.07, 6.45) is 0. The van der Waals surface area contributed by atoms with Crippen molar-refractivity contribution in [3.05, 3.63) is 58.9 Å². The van der Waals surface area contributed by atoms with Crippen molar-refractivity contribution in [2.75, 3.05) is 5.32 Å². The molecule has 0 aliphatic heterocycles. The fourth-order valence-corrected chi connectivity index (χ4v) is 2.82. The Morgan fingerprint density at radius 1 is 0.958 bits per heavy atom. The lowest BCUT2D eigenvalue weighted by atomic mass is 10.2. The minimum Gasteiger partial charge on any atom is -0.321 e. The maximum absolute atomic E-state index is 12.6. The van der Waals surface area contributed by atoms with Crippen LogP contribution in [0.4, 0.5) is 11.6 Å². The molecule has 120 valence electrons. The van der Waals surface area contributed by atoms with E-state index in [-0.39, 0.29) is 11.6 Å². The highest BCUT2D eigenvalue weighted by molar-refractivity contribution is 5.96. The summed E-state index contributed by atoms with van der Waals surface area (Å²) >= 11 is 0. The van der Waals surface area contributed by atoms with Crippen molar-refractivity contribution < 1.29 is 0 Å². The summed E-state index contributed by atoms with van der Waals surface area (Å²) in [7, 11) is 0. The van der Waals surface area contributed by atoms with E-state index in [1.54, 1.807) is 0 Å². The minimum atomic E-state index is -0.0852. The normalized spacial score (nSPS) is 11.5. The molecular formula is C18H17N5O. The molecule has 0 atom stereocenters. The average Bonchev–Trinajstić information content (AvgIpc) is 3.00. The summed E-state index contributed by atoms with van der Waals surface area (Å²) < 4.78 is 1.50. The third kappa shape index (κ3) is 2.23. The van der Waals surface area contributed by atoms with Crippen molar-refractivity contribution in [3.63, 3.8) is 0 Å². The Balaban J connectivity index is 1.93. The molecule has 0 amide bonds. The predicted molar refractivity (Wildman–Crippen MR) is 95.8 cm³/mol. The second-order valence-corrected chi connectivity index (χ2v) is 5.98. The molecule has 0 saturated heterocycles. The van der Waals surface area contributed by atoms with Crippen molar-refractivity contribution >= 4 is 33.3 Å². The van der Waals surface area contributed by atoms with Crippen LogP contribution in [-0.2, 0) is 0 Å². The summed E-state index contributed by atoms with van der Waals surface area (Å²) in [6, 6.07) is 15.3. The van der Waals surface area contributed by atoms with Crippen LogP contribution in [0.2, 0.25) is 0 Å². The van der Waals surface area contributed by atoms with Crippen molar-refractivity contribution in [1.82, 2.24) is 20.0 Å². The Morgan fingerprint density at radius 2 is 1.62 bits per heavy atom. The standard InChI is InChI=1S/C18H17N5O/c1-11(2)23-18(24)13-8-4-3-7-12(13)17(22-23)19-16-14-9-5-6-10-15(14)20-21-16/h3-11H,1-2H3,(H2,19,20,21,22). The number of fused-ring (bicyclic) bond motifs is 2. The Morgan fingerprint density at radius 3 is 2.38 bits per heavy atom. The van der Waals surface area contributed by atoms with Gasteiger partial charge in [-0.15, -0.1) is 0 Å². The van der Waals surface area contributed by atoms with Crippen molar-refractivity contribution in [2.45, 2.75) is 19.9 Å². The number of aromatic amines is 1. The maximum Gasteiger partial charge on any atom is 0.275 e.